The summed E-state index contributed by atoms with van der Waals surface area (Å²) in [7, 11) is 0. The van der Waals surface area contributed by atoms with Crippen LogP contribution in [0.4, 0.5) is 11.4 Å². The van der Waals surface area contributed by atoms with E-state index in [0.29, 0.717) is 11.1 Å². The van der Waals surface area contributed by atoms with Crippen LogP contribution in [0.25, 0.3) is 0 Å². The molecule has 2 amide bonds. The van der Waals surface area contributed by atoms with Crippen LogP contribution in [0.1, 0.15) is 55.2 Å². The van der Waals surface area contributed by atoms with E-state index in [9.17, 15) is 29.8 Å². The van der Waals surface area contributed by atoms with Gasteiger partial charge in [0.2, 0.25) is 0 Å². The fourth-order valence-electron chi connectivity index (χ4n) is 4.70. The standard InChI is InChI=1S/C26H25N5O6/c1-16-22(14-27-25(32)18-5-9-20(10-6-18)30(34)35)17(2)29-13-3-4-24(29)23(16)15-28-26(33)19-7-11-21(12-8-19)31(36)37/h5-12H,3-4,13-15H2,1-2H3,(H-,27,28,32,33)/p+1. The number of aromatic nitrogens is 1. The highest BCUT2D eigenvalue weighted by Gasteiger charge is 2.30. The van der Waals surface area contributed by atoms with Crippen LogP contribution in [0.2, 0.25) is 0 Å². The highest BCUT2D eigenvalue weighted by molar-refractivity contribution is 5.95. The predicted molar refractivity (Wildman–Crippen MR) is 133 cm³/mol. The van der Waals surface area contributed by atoms with Gasteiger partial charge in [-0.05, 0) is 36.8 Å². The third-order valence-electron chi connectivity index (χ3n) is 6.75. The molecule has 11 heteroatoms. The Hall–Kier alpha value is -4.67. The fraction of sp³-hybridized carbons (Fsp3) is 0.269. The molecule has 3 aromatic rings. The molecule has 2 heterocycles. The minimum Gasteiger partial charge on any atom is -0.348 e. The van der Waals surface area contributed by atoms with Gasteiger partial charge in [0.05, 0.1) is 9.85 Å². The van der Waals surface area contributed by atoms with Gasteiger partial charge in [-0.15, -0.1) is 0 Å². The second-order valence-corrected chi connectivity index (χ2v) is 8.84. The van der Waals surface area contributed by atoms with Gasteiger partial charge in [0.15, 0.2) is 11.4 Å². The molecule has 4 rings (SSSR count). The molecule has 37 heavy (non-hydrogen) atoms. The molecule has 0 saturated carbocycles. The number of nitro groups is 2. The van der Waals surface area contributed by atoms with Crippen molar-refractivity contribution < 1.29 is 24.0 Å². The molecule has 0 aliphatic carbocycles. The van der Waals surface area contributed by atoms with Crippen molar-refractivity contribution in [3.8, 4) is 0 Å². The molecule has 1 aliphatic rings. The summed E-state index contributed by atoms with van der Waals surface area (Å²) in [6.45, 7) is 5.35. The van der Waals surface area contributed by atoms with Crippen molar-refractivity contribution in [2.24, 2.45) is 0 Å². The van der Waals surface area contributed by atoms with Crippen LogP contribution in [0.15, 0.2) is 48.5 Å². The number of non-ortho nitro benzene ring substituents is 2. The zero-order valence-electron chi connectivity index (χ0n) is 20.4. The first kappa shape index (κ1) is 25.4. The zero-order chi connectivity index (χ0) is 26.7. The van der Waals surface area contributed by atoms with Crippen LogP contribution >= 0.6 is 0 Å². The summed E-state index contributed by atoms with van der Waals surface area (Å²) in [5.41, 5.74) is 5.57. The van der Waals surface area contributed by atoms with Crippen molar-refractivity contribution in [1.29, 1.82) is 0 Å². The van der Waals surface area contributed by atoms with Crippen LogP contribution in [0, 0.1) is 34.1 Å². The fourth-order valence-corrected chi connectivity index (χ4v) is 4.70. The van der Waals surface area contributed by atoms with Crippen LogP contribution in [0.3, 0.4) is 0 Å². The number of nitrogens with one attached hydrogen (secondary N) is 2. The lowest BCUT2D eigenvalue weighted by atomic mass is 9.98. The van der Waals surface area contributed by atoms with E-state index >= 15 is 0 Å². The summed E-state index contributed by atoms with van der Waals surface area (Å²) < 4.78 is 2.22. The van der Waals surface area contributed by atoms with E-state index < -0.39 is 9.85 Å². The van der Waals surface area contributed by atoms with Crippen molar-refractivity contribution in [2.75, 3.05) is 0 Å². The number of carbonyl (C=O) groups excluding carboxylic acids is 2. The number of nitro benzene ring substituents is 2. The average molecular weight is 505 g/mol. The van der Waals surface area contributed by atoms with Crippen molar-refractivity contribution >= 4 is 23.2 Å². The van der Waals surface area contributed by atoms with E-state index in [-0.39, 0.29) is 36.3 Å². The Bertz CT molecular complexity index is 1400. The predicted octanol–water partition coefficient (Wildman–Crippen LogP) is 3.21. The first-order chi connectivity index (χ1) is 17.7. The molecule has 190 valence electrons. The summed E-state index contributed by atoms with van der Waals surface area (Å²) in [5.74, 6) is -0.674. The third-order valence-corrected chi connectivity index (χ3v) is 6.75. The van der Waals surface area contributed by atoms with Crippen LogP contribution in [0.5, 0.6) is 0 Å². The Labute approximate surface area is 212 Å². The number of fused-ring (bicyclic) bond motifs is 1. The summed E-state index contributed by atoms with van der Waals surface area (Å²) in [4.78, 5) is 46.1. The Balaban J connectivity index is 1.52. The maximum Gasteiger partial charge on any atom is 0.269 e. The highest BCUT2D eigenvalue weighted by Crippen LogP contribution is 2.24. The van der Waals surface area contributed by atoms with E-state index in [0.717, 1.165) is 47.5 Å². The van der Waals surface area contributed by atoms with Gasteiger partial charge >= 0.3 is 0 Å². The van der Waals surface area contributed by atoms with Crippen molar-refractivity contribution in [2.45, 2.75) is 46.3 Å². The second-order valence-electron chi connectivity index (χ2n) is 8.84. The Morgan fingerprint density at radius 3 is 1.73 bits per heavy atom. The van der Waals surface area contributed by atoms with E-state index in [4.69, 9.17) is 0 Å². The highest BCUT2D eigenvalue weighted by atomic mass is 16.6. The van der Waals surface area contributed by atoms with Crippen molar-refractivity contribution in [1.82, 2.24) is 10.6 Å². The van der Waals surface area contributed by atoms with Gasteiger partial charge < -0.3 is 10.6 Å². The number of hydrogen-bond donors (Lipinski definition) is 2. The zero-order valence-corrected chi connectivity index (χ0v) is 20.4. The number of nitrogens with zero attached hydrogens (tertiary/aromatic N) is 3. The molecule has 0 saturated heterocycles. The van der Waals surface area contributed by atoms with Gasteiger partial charge in [0.25, 0.3) is 23.2 Å². The Morgan fingerprint density at radius 2 is 1.27 bits per heavy atom. The van der Waals surface area contributed by atoms with Gasteiger partial charge in [-0.25, -0.2) is 0 Å². The molecule has 0 atom stereocenters. The first-order valence-electron chi connectivity index (χ1n) is 11.8. The Morgan fingerprint density at radius 1 is 0.811 bits per heavy atom. The SMILES string of the molecule is Cc1c(CNC(=O)c2ccc([N+](=O)[O-])cc2)c(C)[n+]2c(c1CNC(=O)c1ccc([N+](=O)[O-])cc1)CCC2. The van der Waals surface area contributed by atoms with E-state index in [1.165, 1.54) is 48.5 Å². The third kappa shape index (κ3) is 5.30. The molecule has 2 aromatic carbocycles. The summed E-state index contributed by atoms with van der Waals surface area (Å²) >= 11 is 0. The van der Waals surface area contributed by atoms with Crippen LogP contribution in [-0.4, -0.2) is 21.7 Å². The number of carbonyl (C=O) groups is 2. The lowest BCUT2D eigenvalue weighted by Gasteiger charge is -2.16. The van der Waals surface area contributed by atoms with Crippen molar-refractivity contribution in [3.05, 3.63) is 108 Å². The van der Waals surface area contributed by atoms with Gasteiger partial charge in [-0.1, -0.05) is 0 Å². The number of pyridine rings is 1. The minimum absolute atomic E-state index is 0.0828. The summed E-state index contributed by atoms with van der Waals surface area (Å²) in [6.07, 6.45) is 1.85. The second kappa shape index (κ2) is 10.5. The maximum atomic E-state index is 12.7. The first-order valence-corrected chi connectivity index (χ1v) is 11.8. The molecule has 0 radical (unpaired) electrons. The van der Waals surface area contributed by atoms with Crippen molar-refractivity contribution in [3.63, 3.8) is 0 Å². The van der Waals surface area contributed by atoms with Crippen LogP contribution in [-0.2, 0) is 26.1 Å². The molecule has 1 aliphatic heterocycles. The molecular weight excluding hydrogens is 478 g/mol. The smallest absolute Gasteiger partial charge is 0.269 e. The molecule has 0 bridgehead atoms. The van der Waals surface area contributed by atoms with Gasteiger partial charge in [-0.2, -0.15) is 4.57 Å². The molecular formula is C26H26N5O6+. The minimum atomic E-state index is -0.516. The molecule has 11 nitrogen and oxygen atoms in total. The molecule has 0 spiro atoms. The van der Waals surface area contributed by atoms with Gasteiger partial charge in [0, 0.05) is 79.4 Å². The molecule has 0 unspecified atom stereocenters. The number of hydrogen-bond acceptors (Lipinski definition) is 6. The molecule has 1 aromatic heterocycles. The topological polar surface area (TPSA) is 148 Å². The van der Waals surface area contributed by atoms with E-state index in [1.54, 1.807) is 0 Å². The largest absolute Gasteiger partial charge is 0.348 e. The monoisotopic (exact) mass is 504 g/mol. The summed E-state index contributed by atoms with van der Waals surface area (Å²) in [6, 6.07) is 10.9. The number of benzene rings is 2. The normalized spacial score (nSPS) is 12.1. The average Bonchev–Trinajstić information content (AvgIpc) is 3.38. The van der Waals surface area contributed by atoms with Gasteiger partial charge in [0.1, 0.15) is 6.54 Å². The number of amides is 2. The lowest BCUT2D eigenvalue weighted by Crippen LogP contribution is -2.41. The molecule has 0 fully saturated rings. The lowest BCUT2D eigenvalue weighted by molar-refractivity contribution is -0.697. The number of rotatable bonds is 8. The van der Waals surface area contributed by atoms with E-state index in [1.807, 2.05) is 13.8 Å². The molecule has 2 N–H and O–H groups in total. The van der Waals surface area contributed by atoms with Crippen LogP contribution < -0.4 is 15.2 Å². The van der Waals surface area contributed by atoms with E-state index in [2.05, 4.69) is 15.2 Å². The quantitative estimate of drug-likeness (QED) is 0.273. The van der Waals surface area contributed by atoms with Gasteiger partial charge in [-0.3, -0.25) is 29.8 Å². The summed E-state index contributed by atoms with van der Waals surface area (Å²) in [5, 5.41) is 27.5. The maximum absolute atomic E-state index is 12.7. The Kier molecular flexibility index (Phi) is 7.23.